The third-order valence-electron chi connectivity index (χ3n) is 1.60. The second kappa shape index (κ2) is 5.01. The van der Waals surface area contributed by atoms with E-state index in [1.807, 2.05) is 0 Å². The van der Waals surface area contributed by atoms with E-state index in [9.17, 15) is 8.42 Å². The Balaban J connectivity index is 3.13. The van der Waals surface area contributed by atoms with E-state index in [-0.39, 0.29) is 0 Å². The first-order valence-electron chi connectivity index (χ1n) is 3.88. The molecular weight excluding hydrogens is 304 g/mol. The minimum Gasteiger partial charge on any atom is -0.496 e. The lowest BCUT2D eigenvalue weighted by atomic mass is 10.2. The Morgan fingerprint density at radius 1 is 1.47 bits per heavy atom. The van der Waals surface area contributed by atoms with Gasteiger partial charge in [-0.2, -0.15) is 0 Å². The van der Waals surface area contributed by atoms with Gasteiger partial charge in [0.1, 0.15) is 5.75 Å². The monoisotopic (exact) mass is 310 g/mol. The predicted octanol–water partition coefficient (Wildman–Crippen LogP) is 3.00. The van der Waals surface area contributed by atoms with Crippen molar-refractivity contribution < 1.29 is 13.2 Å². The van der Waals surface area contributed by atoms with Crippen LogP contribution in [0.3, 0.4) is 0 Å². The predicted molar refractivity (Wildman–Crippen MR) is 64.5 cm³/mol. The van der Waals surface area contributed by atoms with Crippen molar-refractivity contribution in [3.63, 3.8) is 0 Å². The molecule has 0 aromatic heterocycles. The zero-order valence-corrected chi connectivity index (χ0v) is 10.9. The molecule has 0 aliphatic carbocycles. The Labute approximate surface area is 101 Å². The summed E-state index contributed by atoms with van der Waals surface area (Å²) in [5.74, 6) is 0.578. The van der Waals surface area contributed by atoms with Crippen molar-refractivity contribution in [1.82, 2.24) is 0 Å². The van der Waals surface area contributed by atoms with Crippen molar-refractivity contribution in [1.29, 1.82) is 0 Å². The first-order chi connectivity index (χ1) is 6.92. The molecule has 3 nitrogen and oxygen atoms in total. The molecule has 0 heterocycles. The third-order valence-corrected chi connectivity index (χ3v) is 2.86. The molecule has 0 saturated heterocycles. The fourth-order valence-electron chi connectivity index (χ4n) is 0.990. The lowest BCUT2D eigenvalue weighted by molar-refractivity contribution is 0.414. The second-order valence-corrected chi connectivity index (χ2v) is 6.09. The molecule has 1 aromatic rings. The number of halogens is 2. The average molecular weight is 312 g/mol. The molecule has 1 rings (SSSR count). The quantitative estimate of drug-likeness (QED) is 0.806. The lowest BCUT2D eigenvalue weighted by Gasteiger charge is -2.04. The minimum absolute atomic E-state index is 0.578. The third kappa shape index (κ3) is 4.24. The summed E-state index contributed by atoms with van der Waals surface area (Å²) in [4.78, 5) is 0. The van der Waals surface area contributed by atoms with Crippen LogP contribution in [0.1, 0.15) is 5.56 Å². The Hall–Kier alpha value is -0.520. The fourth-order valence-corrected chi connectivity index (χ4v) is 1.83. The molecule has 0 N–H and O–H groups in total. The highest BCUT2D eigenvalue weighted by Gasteiger charge is 2.02. The maximum Gasteiger partial charge on any atom is 0.254 e. The van der Waals surface area contributed by atoms with E-state index in [0.29, 0.717) is 11.3 Å². The Kier molecular flexibility index (Phi) is 4.19. The van der Waals surface area contributed by atoms with Gasteiger partial charge in [0, 0.05) is 26.1 Å². The molecule has 0 bridgehead atoms. The Bertz CT molecular complexity index is 482. The van der Waals surface area contributed by atoms with Crippen molar-refractivity contribution in [3.8, 4) is 5.75 Å². The largest absolute Gasteiger partial charge is 0.496 e. The lowest BCUT2D eigenvalue weighted by Crippen LogP contribution is -1.87. The maximum atomic E-state index is 10.7. The van der Waals surface area contributed by atoms with Gasteiger partial charge >= 0.3 is 0 Å². The minimum atomic E-state index is -3.64. The smallest absolute Gasteiger partial charge is 0.254 e. The first kappa shape index (κ1) is 12.5. The van der Waals surface area contributed by atoms with Crippen LogP contribution in [-0.2, 0) is 9.05 Å². The Morgan fingerprint density at radius 2 is 2.13 bits per heavy atom. The van der Waals surface area contributed by atoms with Gasteiger partial charge in [0.2, 0.25) is 0 Å². The Morgan fingerprint density at radius 3 is 2.67 bits per heavy atom. The van der Waals surface area contributed by atoms with Crippen LogP contribution >= 0.6 is 26.6 Å². The van der Waals surface area contributed by atoms with Crippen molar-refractivity contribution in [2.24, 2.45) is 0 Å². The van der Waals surface area contributed by atoms with E-state index in [1.165, 1.54) is 13.2 Å². The van der Waals surface area contributed by atoms with E-state index in [2.05, 4.69) is 15.9 Å². The van der Waals surface area contributed by atoms with Crippen LogP contribution < -0.4 is 4.74 Å². The molecule has 0 spiro atoms. The molecule has 0 amide bonds. The van der Waals surface area contributed by atoms with Crippen molar-refractivity contribution in [3.05, 3.63) is 33.6 Å². The number of methoxy groups -OCH3 is 1. The van der Waals surface area contributed by atoms with Crippen molar-refractivity contribution in [2.45, 2.75) is 0 Å². The van der Waals surface area contributed by atoms with Crippen LogP contribution in [0.5, 0.6) is 5.75 Å². The number of hydrogen-bond donors (Lipinski definition) is 0. The molecule has 0 aliphatic heterocycles. The van der Waals surface area contributed by atoms with Gasteiger partial charge < -0.3 is 4.74 Å². The molecule has 6 heteroatoms. The SMILES string of the molecule is COc1ccc(Br)cc1C=CS(=O)(=O)Cl. The number of benzene rings is 1. The summed E-state index contributed by atoms with van der Waals surface area (Å²) in [6.07, 6.45) is 1.38. The summed E-state index contributed by atoms with van der Waals surface area (Å²) in [5, 5.41) is 0.916. The highest BCUT2D eigenvalue weighted by atomic mass is 79.9. The van der Waals surface area contributed by atoms with E-state index in [1.54, 1.807) is 18.2 Å². The molecular formula is C9H8BrClO3S. The van der Waals surface area contributed by atoms with E-state index >= 15 is 0 Å². The van der Waals surface area contributed by atoms with Crippen LogP contribution in [-0.4, -0.2) is 15.5 Å². The zero-order chi connectivity index (χ0) is 11.5. The summed E-state index contributed by atoms with van der Waals surface area (Å²) >= 11 is 3.27. The number of hydrogen-bond acceptors (Lipinski definition) is 3. The molecule has 82 valence electrons. The number of ether oxygens (including phenoxy) is 1. The van der Waals surface area contributed by atoms with Crippen molar-refractivity contribution in [2.75, 3.05) is 7.11 Å². The molecule has 0 atom stereocenters. The summed E-state index contributed by atoms with van der Waals surface area (Å²) in [5.41, 5.74) is 0.635. The van der Waals surface area contributed by atoms with Gasteiger partial charge in [-0.15, -0.1) is 0 Å². The summed E-state index contributed by atoms with van der Waals surface area (Å²) < 4.78 is 27.3. The first-order valence-corrected chi connectivity index (χ1v) is 7.05. The van der Waals surface area contributed by atoms with Gasteiger partial charge in [-0.25, -0.2) is 8.42 Å². The van der Waals surface area contributed by atoms with Crippen LogP contribution in [0.4, 0.5) is 0 Å². The zero-order valence-electron chi connectivity index (χ0n) is 7.78. The standard InChI is InChI=1S/C9H8BrClO3S/c1-14-9-3-2-8(10)6-7(9)4-5-15(11,12)13/h2-6H,1H3. The van der Waals surface area contributed by atoms with Gasteiger partial charge in [0.05, 0.1) is 7.11 Å². The number of rotatable bonds is 3. The molecule has 0 fully saturated rings. The average Bonchev–Trinajstić information content (AvgIpc) is 2.14. The van der Waals surface area contributed by atoms with E-state index in [4.69, 9.17) is 15.4 Å². The van der Waals surface area contributed by atoms with Gasteiger partial charge in [-0.3, -0.25) is 0 Å². The maximum absolute atomic E-state index is 10.7. The van der Waals surface area contributed by atoms with Gasteiger partial charge in [0.25, 0.3) is 9.05 Å². The second-order valence-electron chi connectivity index (χ2n) is 2.66. The molecule has 0 aliphatic rings. The summed E-state index contributed by atoms with van der Waals surface area (Å²) in [6, 6.07) is 5.26. The van der Waals surface area contributed by atoms with Crippen LogP contribution in [0.15, 0.2) is 28.1 Å². The molecule has 15 heavy (non-hydrogen) atoms. The summed E-state index contributed by atoms with van der Waals surface area (Å²) in [6.45, 7) is 0. The molecule has 0 unspecified atom stereocenters. The summed E-state index contributed by atoms with van der Waals surface area (Å²) in [7, 11) is 2.92. The fraction of sp³-hybridized carbons (Fsp3) is 0.111. The van der Waals surface area contributed by atoms with E-state index in [0.717, 1.165) is 9.88 Å². The van der Waals surface area contributed by atoms with Crippen LogP contribution in [0.25, 0.3) is 6.08 Å². The van der Waals surface area contributed by atoms with Gasteiger partial charge in [-0.1, -0.05) is 15.9 Å². The van der Waals surface area contributed by atoms with Crippen LogP contribution in [0.2, 0.25) is 0 Å². The molecule has 1 aromatic carbocycles. The normalized spacial score (nSPS) is 11.9. The molecule has 0 radical (unpaired) electrons. The molecule has 0 saturated carbocycles. The highest BCUT2D eigenvalue weighted by molar-refractivity contribution is 9.10. The van der Waals surface area contributed by atoms with E-state index < -0.39 is 9.05 Å². The highest BCUT2D eigenvalue weighted by Crippen LogP contribution is 2.24. The van der Waals surface area contributed by atoms with Crippen LogP contribution in [0, 0.1) is 0 Å². The van der Waals surface area contributed by atoms with Gasteiger partial charge in [0.15, 0.2) is 0 Å². The topological polar surface area (TPSA) is 43.4 Å². The van der Waals surface area contributed by atoms with Gasteiger partial charge in [-0.05, 0) is 24.3 Å². The van der Waals surface area contributed by atoms with Crippen molar-refractivity contribution >= 4 is 41.7 Å².